The second-order valence-corrected chi connectivity index (χ2v) is 6.31. The minimum Gasteiger partial charge on any atom is -0.409 e. The van der Waals surface area contributed by atoms with Crippen LogP contribution in [0, 0.1) is 10.8 Å². The minimum absolute atomic E-state index is 0.221. The van der Waals surface area contributed by atoms with Gasteiger partial charge in [0.1, 0.15) is 5.84 Å². The van der Waals surface area contributed by atoms with E-state index in [-0.39, 0.29) is 5.41 Å². The van der Waals surface area contributed by atoms with E-state index in [4.69, 9.17) is 10.9 Å². The first kappa shape index (κ1) is 13.3. The second-order valence-electron chi connectivity index (χ2n) is 6.31. The van der Waals surface area contributed by atoms with Gasteiger partial charge in [-0.3, -0.25) is 0 Å². The molecular weight excluding hydrogens is 202 g/mol. The van der Waals surface area contributed by atoms with E-state index < -0.39 is 0 Å². The van der Waals surface area contributed by atoms with Crippen molar-refractivity contribution in [1.29, 1.82) is 0 Å². The summed E-state index contributed by atoms with van der Waals surface area (Å²) in [6, 6.07) is 0. The minimum atomic E-state index is -0.221. The average Bonchev–Trinajstić information content (AvgIpc) is 2.54. The van der Waals surface area contributed by atoms with E-state index in [2.05, 4.69) is 23.9 Å². The Labute approximate surface area is 98.5 Å². The van der Waals surface area contributed by atoms with Crippen LogP contribution in [0.4, 0.5) is 0 Å². The van der Waals surface area contributed by atoms with Crippen LogP contribution in [-0.4, -0.2) is 35.6 Å². The molecule has 1 heterocycles. The van der Waals surface area contributed by atoms with Gasteiger partial charge in [-0.15, -0.1) is 0 Å². The molecule has 0 bridgehead atoms. The molecule has 0 aromatic carbocycles. The lowest BCUT2D eigenvalue weighted by molar-refractivity contribution is 0.256. The standard InChI is InChI=1S/C12H25N3O/c1-11(2)5-7-15(9-11)8-6-12(3,4)10(13)14-16/h16H,5-9H2,1-4H3,(H2,13,14). The molecule has 4 nitrogen and oxygen atoms in total. The van der Waals surface area contributed by atoms with E-state index in [1.165, 1.54) is 13.0 Å². The van der Waals surface area contributed by atoms with Gasteiger partial charge in [0.25, 0.3) is 0 Å². The van der Waals surface area contributed by atoms with Crippen molar-refractivity contribution >= 4 is 5.84 Å². The molecule has 0 aromatic heterocycles. The van der Waals surface area contributed by atoms with Gasteiger partial charge < -0.3 is 15.8 Å². The van der Waals surface area contributed by atoms with Crippen molar-refractivity contribution in [2.75, 3.05) is 19.6 Å². The number of hydrogen-bond acceptors (Lipinski definition) is 3. The Morgan fingerprint density at radius 3 is 2.56 bits per heavy atom. The van der Waals surface area contributed by atoms with Crippen LogP contribution in [0.15, 0.2) is 5.16 Å². The van der Waals surface area contributed by atoms with Gasteiger partial charge in [-0.1, -0.05) is 32.9 Å². The lowest BCUT2D eigenvalue weighted by Gasteiger charge is -2.26. The SMILES string of the molecule is CC1(C)CCN(CCC(C)(C)C(N)=NO)C1. The number of nitrogens with two attached hydrogens (primary N) is 1. The molecule has 0 aliphatic carbocycles. The first-order chi connectivity index (χ1) is 7.27. The predicted molar refractivity (Wildman–Crippen MR) is 66.6 cm³/mol. The van der Waals surface area contributed by atoms with Crippen molar-refractivity contribution in [3.8, 4) is 0 Å². The molecule has 0 radical (unpaired) electrons. The van der Waals surface area contributed by atoms with Gasteiger partial charge in [0.15, 0.2) is 0 Å². The Bertz CT molecular complexity index is 271. The van der Waals surface area contributed by atoms with Crippen molar-refractivity contribution in [3.63, 3.8) is 0 Å². The summed E-state index contributed by atoms with van der Waals surface area (Å²) >= 11 is 0. The van der Waals surface area contributed by atoms with Crippen molar-refractivity contribution < 1.29 is 5.21 Å². The molecule has 0 spiro atoms. The molecule has 0 unspecified atom stereocenters. The topological polar surface area (TPSA) is 61.8 Å². The number of nitrogens with zero attached hydrogens (tertiary/aromatic N) is 2. The zero-order chi connectivity index (χ0) is 12.4. The molecule has 1 aliphatic heterocycles. The highest BCUT2D eigenvalue weighted by Crippen LogP contribution is 2.30. The maximum atomic E-state index is 8.69. The van der Waals surface area contributed by atoms with E-state index in [0.717, 1.165) is 19.5 Å². The Kier molecular flexibility index (Phi) is 3.84. The summed E-state index contributed by atoms with van der Waals surface area (Å²) in [4.78, 5) is 2.46. The van der Waals surface area contributed by atoms with Crippen LogP contribution in [0.1, 0.15) is 40.5 Å². The van der Waals surface area contributed by atoms with Gasteiger partial charge in [-0.05, 0) is 31.3 Å². The second kappa shape index (κ2) is 4.62. The average molecular weight is 227 g/mol. The summed E-state index contributed by atoms with van der Waals surface area (Å²) in [7, 11) is 0. The molecule has 3 N–H and O–H groups in total. The highest BCUT2D eigenvalue weighted by Gasteiger charge is 2.31. The fraction of sp³-hybridized carbons (Fsp3) is 0.917. The number of rotatable bonds is 4. The van der Waals surface area contributed by atoms with Crippen LogP contribution in [0.2, 0.25) is 0 Å². The van der Waals surface area contributed by atoms with Crippen LogP contribution in [-0.2, 0) is 0 Å². The van der Waals surface area contributed by atoms with Gasteiger partial charge in [-0.25, -0.2) is 0 Å². The molecule has 1 fully saturated rings. The fourth-order valence-electron chi connectivity index (χ4n) is 2.12. The summed E-state index contributed by atoms with van der Waals surface area (Å²) in [6.07, 6.45) is 2.19. The van der Waals surface area contributed by atoms with Crippen LogP contribution in [0.3, 0.4) is 0 Å². The Balaban J connectivity index is 2.41. The van der Waals surface area contributed by atoms with E-state index in [9.17, 15) is 0 Å². The van der Waals surface area contributed by atoms with Crippen LogP contribution in [0.25, 0.3) is 0 Å². The van der Waals surface area contributed by atoms with E-state index in [1.54, 1.807) is 0 Å². The first-order valence-corrected chi connectivity index (χ1v) is 5.97. The monoisotopic (exact) mass is 227 g/mol. The fourth-order valence-corrected chi connectivity index (χ4v) is 2.12. The molecule has 1 saturated heterocycles. The molecule has 0 aromatic rings. The third kappa shape index (κ3) is 3.37. The largest absolute Gasteiger partial charge is 0.409 e. The smallest absolute Gasteiger partial charge is 0.144 e. The lowest BCUT2D eigenvalue weighted by Crippen LogP contribution is -2.36. The number of likely N-dealkylation sites (tertiary alicyclic amines) is 1. The van der Waals surface area contributed by atoms with Crippen molar-refractivity contribution in [2.24, 2.45) is 21.7 Å². The van der Waals surface area contributed by atoms with Crippen LogP contribution >= 0.6 is 0 Å². The van der Waals surface area contributed by atoms with Crippen LogP contribution in [0.5, 0.6) is 0 Å². The molecule has 4 heteroatoms. The van der Waals surface area contributed by atoms with E-state index in [1.807, 2.05) is 13.8 Å². The highest BCUT2D eigenvalue weighted by atomic mass is 16.4. The summed E-state index contributed by atoms with van der Waals surface area (Å²) < 4.78 is 0. The van der Waals surface area contributed by atoms with Gasteiger partial charge >= 0.3 is 0 Å². The number of oxime groups is 1. The third-order valence-electron chi connectivity index (χ3n) is 3.61. The van der Waals surface area contributed by atoms with Gasteiger partial charge in [-0.2, -0.15) is 0 Å². The van der Waals surface area contributed by atoms with E-state index in [0.29, 0.717) is 11.3 Å². The molecule has 0 amide bonds. The summed E-state index contributed by atoms with van der Waals surface area (Å²) in [5.74, 6) is 0.325. The van der Waals surface area contributed by atoms with Crippen LogP contribution < -0.4 is 5.73 Å². The number of amidine groups is 1. The molecular formula is C12H25N3O. The molecule has 1 aliphatic rings. The molecule has 16 heavy (non-hydrogen) atoms. The van der Waals surface area contributed by atoms with E-state index >= 15 is 0 Å². The molecule has 1 rings (SSSR count). The maximum absolute atomic E-state index is 8.69. The zero-order valence-corrected chi connectivity index (χ0v) is 11.0. The molecule has 0 atom stereocenters. The Hall–Kier alpha value is -0.770. The van der Waals surface area contributed by atoms with Crippen molar-refractivity contribution in [3.05, 3.63) is 0 Å². The van der Waals surface area contributed by atoms with Gasteiger partial charge in [0.05, 0.1) is 0 Å². The van der Waals surface area contributed by atoms with Crippen molar-refractivity contribution in [1.82, 2.24) is 4.90 Å². The summed E-state index contributed by atoms with van der Waals surface area (Å²) in [5.41, 5.74) is 5.89. The normalized spacial score (nSPS) is 22.6. The quantitative estimate of drug-likeness (QED) is 0.333. The number of hydrogen-bond donors (Lipinski definition) is 2. The first-order valence-electron chi connectivity index (χ1n) is 5.97. The van der Waals surface area contributed by atoms with Crippen molar-refractivity contribution in [2.45, 2.75) is 40.5 Å². The zero-order valence-electron chi connectivity index (χ0n) is 11.0. The lowest BCUT2D eigenvalue weighted by atomic mass is 9.88. The predicted octanol–water partition coefficient (Wildman–Crippen LogP) is 1.88. The third-order valence-corrected chi connectivity index (χ3v) is 3.61. The maximum Gasteiger partial charge on any atom is 0.144 e. The molecule has 0 saturated carbocycles. The van der Waals surface area contributed by atoms with Gasteiger partial charge in [0, 0.05) is 12.0 Å². The van der Waals surface area contributed by atoms with Gasteiger partial charge in [0.2, 0.25) is 0 Å². The Morgan fingerprint density at radius 2 is 2.12 bits per heavy atom. The highest BCUT2D eigenvalue weighted by molar-refractivity contribution is 5.85. The Morgan fingerprint density at radius 1 is 1.50 bits per heavy atom. The summed E-state index contributed by atoms with van der Waals surface area (Å²) in [5, 5.41) is 11.8. The summed E-state index contributed by atoms with van der Waals surface area (Å²) in [6.45, 7) is 12.0. The molecule has 94 valence electrons.